The summed E-state index contributed by atoms with van der Waals surface area (Å²) in [5.74, 6) is 0.218. The van der Waals surface area contributed by atoms with Crippen LogP contribution in [0.3, 0.4) is 0 Å². The summed E-state index contributed by atoms with van der Waals surface area (Å²) in [6, 6.07) is 24.1. The van der Waals surface area contributed by atoms with Crippen LogP contribution in [0, 0.1) is 24.2 Å². The SMILES string of the molecule is Cc1ccc(S(=O)(=O)N2CCC(CN3CC(COCc4ccccc4)CN(c4cccc(C(=N)N)c4)C3=O)CC2)cc1. The summed E-state index contributed by atoms with van der Waals surface area (Å²) in [5.41, 5.74) is 9.11. The van der Waals surface area contributed by atoms with Crippen molar-refractivity contribution < 1.29 is 17.9 Å². The molecular weight excluding hydrogens is 550 g/mol. The summed E-state index contributed by atoms with van der Waals surface area (Å²) < 4.78 is 34.0. The maximum Gasteiger partial charge on any atom is 0.324 e. The van der Waals surface area contributed by atoms with Crippen LogP contribution in [0.2, 0.25) is 0 Å². The molecule has 3 N–H and O–H groups in total. The minimum absolute atomic E-state index is 0.0479. The Kier molecular flexibility index (Phi) is 9.25. The second-order valence-corrected chi connectivity index (χ2v) is 13.2. The molecule has 2 aliphatic heterocycles. The third-order valence-electron chi connectivity index (χ3n) is 8.07. The fourth-order valence-corrected chi connectivity index (χ4v) is 7.16. The van der Waals surface area contributed by atoms with Crippen molar-refractivity contribution in [2.24, 2.45) is 17.6 Å². The lowest BCUT2D eigenvalue weighted by Gasteiger charge is -2.42. The van der Waals surface area contributed by atoms with E-state index in [1.165, 1.54) is 0 Å². The van der Waals surface area contributed by atoms with E-state index in [0.29, 0.717) is 74.9 Å². The number of sulfonamides is 1. The molecule has 3 aromatic rings. The lowest BCUT2D eigenvalue weighted by Crippen LogP contribution is -2.56. The van der Waals surface area contributed by atoms with Gasteiger partial charge in [0.2, 0.25) is 10.0 Å². The van der Waals surface area contributed by atoms with Gasteiger partial charge in [0.1, 0.15) is 5.84 Å². The van der Waals surface area contributed by atoms with Gasteiger partial charge < -0.3 is 15.4 Å². The molecule has 0 spiro atoms. The number of hydrogen-bond acceptors (Lipinski definition) is 5. The van der Waals surface area contributed by atoms with Crippen LogP contribution in [0.1, 0.15) is 29.5 Å². The monoisotopic (exact) mass is 589 g/mol. The van der Waals surface area contributed by atoms with Crippen LogP contribution in [0.4, 0.5) is 10.5 Å². The Balaban J connectivity index is 1.26. The first kappa shape index (κ1) is 29.8. The van der Waals surface area contributed by atoms with Gasteiger partial charge in [0, 0.05) is 49.9 Å². The third-order valence-corrected chi connectivity index (χ3v) is 9.98. The third kappa shape index (κ3) is 7.00. The molecular formula is C32H39N5O4S. The topological polar surface area (TPSA) is 120 Å². The van der Waals surface area contributed by atoms with Crippen molar-refractivity contribution in [3.8, 4) is 0 Å². The number of carbonyl (C=O) groups excluding carboxylic acids is 1. The Hall–Kier alpha value is -3.73. The first-order chi connectivity index (χ1) is 20.2. The Morgan fingerprint density at radius 3 is 2.36 bits per heavy atom. The van der Waals surface area contributed by atoms with Crippen LogP contribution in [-0.4, -0.2) is 68.8 Å². The Bertz CT molecular complexity index is 1490. The first-order valence-electron chi connectivity index (χ1n) is 14.4. The van der Waals surface area contributed by atoms with Crippen molar-refractivity contribution in [3.63, 3.8) is 0 Å². The number of nitrogens with zero attached hydrogens (tertiary/aromatic N) is 3. The number of nitrogens with one attached hydrogen (secondary N) is 1. The van der Waals surface area contributed by atoms with E-state index in [1.54, 1.807) is 33.5 Å². The second-order valence-electron chi connectivity index (χ2n) is 11.3. The van der Waals surface area contributed by atoms with Gasteiger partial charge in [-0.3, -0.25) is 10.3 Å². The summed E-state index contributed by atoms with van der Waals surface area (Å²) in [5, 5.41) is 7.84. The van der Waals surface area contributed by atoms with Crippen molar-refractivity contribution in [1.29, 1.82) is 5.41 Å². The normalized spacial score (nSPS) is 18.8. The zero-order valence-electron chi connectivity index (χ0n) is 24.0. The number of anilines is 1. The first-order valence-corrected chi connectivity index (χ1v) is 15.8. The number of aryl methyl sites for hydroxylation is 1. The number of urea groups is 1. The molecule has 2 aliphatic rings. The number of benzene rings is 3. The largest absolute Gasteiger partial charge is 0.384 e. The lowest BCUT2D eigenvalue weighted by molar-refractivity contribution is 0.0661. The van der Waals surface area contributed by atoms with Gasteiger partial charge in [0.15, 0.2) is 0 Å². The van der Waals surface area contributed by atoms with Crippen molar-refractivity contribution in [3.05, 3.63) is 95.6 Å². The molecule has 42 heavy (non-hydrogen) atoms. The molecule has 0 radical (unpaired) electrons. The Morgan fingerprint density at radius 2 is 1.67 bits per heavy atom. The van der Waals surface area contributed by atoms with E-state index in [4.69, 9.17) is 15.9 Å². The van der Waals surface area contributed by atoms with Gasteiger partial charge >= 0.3 is 6.03 Å². The highest BCUT2D eigenvalue weighted by Crippen LogP contribution is 2.29. The molecule has 2 heterocycles. The number of rotatable bonds is 10. The highest BCUT2D eigenvalue weighted by Gasteiger charge is 2.36. The predicted octanol–water partition coefficient (Wildman–Crippen LogP) is 4.45. The van der Waals surface area contributed by atoms with Crippen molar-refractivity contribution in [2.45, 2.75) is 31.3 Å². The average Bonchev–Trinajstić information content (AvgIpc) is 3.00. The van der Waals surface area contributed by atoms with Gasteiger partial charge in [-0.25, -0.2) is 13.2 Å². The number of ether oxygens (including phenoxy) is 1. The minimum Gasteiger partial charge on any atom is -0.384 e. The number of nitrogens with two attached hydrogens (primary N) is 1. The van der Waals surface area contributed by atoms with Gasteiger partial charge in [0.05, 0.1) is 18.1 Å². The minimum atomic E-state index is -3.54. The van der Waals surface area contributed by atoms with E-state index in [2.05, 4.69) is 0 Å². The quantitative estimate of drug-likeness (QED) is 0.267. The van der Waals surface area contributed by atoms with E-state index >= 15 is 0 Å². The molecule has 2 fully saturated rings. The molecule has 222 valence electrons. The molecule has 3 aromatic carbocycles. The summed E-state index contributed by atoms with van der Waals surface area (Å²) in [4.78, 5) is 17.7. The summed E-state index contributed by atoms with van der Waals surface area (Å²) >= 11 is 0. The zero-order valence-corrected chi connectivity index (χ0v) is 24.8. The summed E-state index contributed by atoms with van der Waals surface area (Å²) in [6.45, 7) is 5.40. The molecule has 0 saturated carbocycles. The molecule has 5 rings (SSSR count). The number of nitrogen functional groups attached to an aromatic ring is 1. The molecule has 0 aliphatic carbocycles. The second kappa shape index (κ2) is 13.1. The molecule has 0 bridgehead atoms. The molecule has 2 saturated heterocycles. The van der Waals surface area contributed by atoms with Crippen molar-refractivity contribution in [2.75, 3.05) is 44.2 Å². The Morgan fingerprint density at radius 1 is 0.952 bits per heavy atom. The van der Waals surface area contributed by atoms with E-state index in [1.807, 2.05) is 66.4 Å². The number of carbonyl (C=O) groups is 1. The predicted molar refractivity (Wildman–Crippen MR) is 164 cm³/mol. The summed E-state index contributed by atoms with van der Waals surface area (Å²) in [7, 11) is -3.54. The van der Waals surface area contributed by atoms with Crippen LogP contribution in [0.5, 0.6) is 0 Å². The van der Waals surface area contributed by atoms with Crippen LogP contribution >= 0.6 is 0 Å². The standard InChI is InChI=1S/C32H39N5O4S/c1-24-10-12-30(13-11-24)42(39,40)36-16-14-25(15-17-36)19-35-20-27(23-41-22-26-6-3-2-4-7-26)21-37(32(35)38)29-9-5-8-28(18-29)31(33)34/h2-13,18,25,27H,14-17,19-23H2,1H3,(H3,33,34). The van der Waals surface area contributed by atoms with E-state index in [-0.39, 0.29) is 23.7 Å². The molecule has 9 nitrogen and oxygen atoms in total. The van der Waals surface area contributed by atoms with E-state index in [9.17, 15) is 13.2 Å². The maximum absolute atomic E-state index is 13.8. The molecule has 1 atom stereocenters. The maximum atomic E-state index is 13.8. The molecule has 1 unspecified atom stereocenters. The van der Waals surface area contributed by atoms with E-state index in [0.717, 1.165) is 11.1 Å². The Labute approximate surface area is 248 Å². The van der Waals surface area contributed by atoms with Gasteiger partial charge in [-0.15, -0.1) is 0 Å². The summed E-state index contributed by atoms with van der Waals surface area (Å²) in [6.07, 6.45) is 1.37. The van der Waals surface area contributed by atoms with Gasteiger partial charge in [0.25, 0.3) is 0 Å². The van der Waals surface area contributed by atoms with Gasteiger partial charge in [-0.2, -0.15) is 4.31 Å². The highest BCUT2D eigenvalue weighted by atomic mass is 32.2. The van der Waals surface area contributed by atoms with Crippen LogP contribution in [0.25, 0.3) is 0 Å². The van der Waals surface area contributed by atoms with Crippen LogP contribution in [0.15, 0.2) is 83.8 Å². The molecule has 0 aromatic heterocycles. The van der Waals surface area contributed by atoms with Crippen molar-refractivity contribution in [1.82, 2.24) is 9.21 Å². The number of piperidine rings is 1. The number of amides is 2. The number of hydrogen-bond donors (Lipinski definition) is 2. The number of amidine groups is 1. The highest BCUT2D eigenvalue weighted by molar-refractivity contribution is 7.89. The smallest absolute Gasteiger partial charge is 0.324 e. The van der Waals surface area contributed by atoms with Gasteiger partial charge in [-0.05, 0) is 55.5 Å². The van der Waals surface area contributed by atoms with Crippen LogP contribution in [-0.2, 0) is 21.4 Å². The fourth-order valence-electron chi connectivity index (χ4n) is 5.69. The van der Waals surface area contributed by atoms with Crippen LogP contribution < -0.4 is 10.6 Å². The van der Waals surface area contributed by atoms with Crippen molar-refractivity contribution >= 4 is 27.6 Å². The average molecular weight is 590 g/mol. The molecule has 10 heteroatoms. The lowest BCUT2D eigenvalue weighted by atomic mass is 9.96. The van der Waals surface area contributed by atoms with E-state index < -0.39 is 10.0 Å². The zero-order chi connectivity index (χ0) is 29.7. The molecule has 2 amide bonds. The van der Waals surface area contributed by atoms with Gasteiger partial charge in [-0.1, -0.05) is 60.2 Å². The fraction of sp³-hybridized carbons (Fsp3) is 0.375.